The van der Waals surface area contributed by atoms with Gasteiger partial charge in [-0.2, -0.15) is 0 Å². The highest BCUT2D eigenvalue weighted by molar-refractivity contribution is 9.10. The first-order valence-electron chi connectivity index (χ1n) is 6.18. The van der Waals surface area contributed by atoms with Crippen LogP contribution < -0.4 is 16.0 Å². The number of halogens is 1. The van der Waals surface area contributed by atoms with Crippen LogP contribution in [0.25, 0.3) is 0 Å². The van der Waals surface area contributed by atoms with Crippen molar-refractivity contribution in [2.45, 2.75) is 19.4 Å². The molecule has 0 saturated carbocycles. The third-order valence-corrected chi connectivity index (χ3v) is 3.73. The van der Waals surface area contributed by atoms with Crippen molar-refractivity contribution in [3.63, 3.8) is 0 Å². The molecule has 3 N–H and O–H groups in total. The molecule has 1 aliphatic heterocycles. The number of carbonyl (C=O) groups excluding carboxylic acids is 2. The van der Waals surface area contributed by atoms with Crippen LogP contribution in [0, 0.1) is 0 Å². The van der Waals surface area contributed by atoms with Gasteiger partial charge < -0.3 is 16.0 Å². The van der Waals surface area contributed by atoms with Crippen LogP contribution in [0.2, 0.25) is 0 Å². The first kappa shape index (κ1) is 14.0. The van der Waals surface area contributed by atoms with Gasteiger partial charge in [0, 0.05) is 16.6 Å². The summed E-state index contributed by atoms with van der Waals surface area (Å²) in [6.07, 6.45) is 0.862. The molecule has 0 spiro atoms. The molecular weight excluding hydrogens is 310 g/mol. The SMILES string of the molecule is CCCNC(=O)CN1C(=O)C(N)c2c(Br)cccc21. The Morgan fingerprint density at radius 1 is 1.53 bits per heavy atom. The second-order valence-corrected chi connectivity index (χ2v) is 5.28. The van der Waals surface area contributed by atoms with E-state index in [1.807, 2.05) is 19.1 Å². The van der Waals surface area contributed by atoms with Gasteiger partial charge in [-0.15, -0.1) is 0 Å². The second-order valence-electron chi connectivity index (χ2n) is 4.42. The number of hydrogen-bond acceptors (Lipinski definition) is 3. The average molecular weight is 326 g/mol. The Kier molecular flexibility index (Phi) is 4.21. The molecule has 1 aromatic carbocycles. The maximum absolute atomic E-state index is 12.1. The van der Waals surface area contributed by atoms with E-state index in [2.05, 4.69) is 21.2 Å². The summed E-state index contributed by atoms with van der Waals surface area (Å²) in [6.45, 7) is 2.60. The first-order valence-corrected chi connectivity index (χ1v) is 6.97. The fourth-order valence-electron chi connectivity index (χ4n) is 2.11. The summed E-state index contributed by atoms with van der Waals surface area (Å²) in [5.74, 6) is -0.413. The highest BCUT2D eigenvalue weighted by atomic mass is 79.9. The summed E-state index contributed by atoms with van der Waals surface area (Å²) in [4.78, 5) is 25.3. The van der Waals surface area contributed by atoms with E-state index in [0.717, 1.165) is 16.5 Å². The van der Waals surface area contributed by atoms with Gasteiger partial charge in [-0.25, -0.2) is 0 Å². The Hall–Kier alpha value is -1.40. The van der Waals surface area contributed by atoms with Gasteiger partial charge in [0.2, 0.25) is 11.8 Å². The number of carbonyl (C=O) groups is 2. The van der Waals surface area contributed by atoms with Crippen molar-refractivity contribution >= 4 is 33.4 Å². The van der Waals surface area contributed by atoms with Crippen LogP contribution in [0.5, 0.6) is 0 Å². The van der Waals surface area contributed by atoms with E-state index >= 15 is 0 Å². The molecule has 1 aliphatic rings. The van der Waals surface area contributed by atoms with Gasteiger partial charge in [-0.3, -0.25) is 9.59 Å². The number of amides is 2. The van der Waals surface area contributed by atoms with Crippen molar-refractivity contribution in [1.29, 1.82) is 0 Å². The molecule has 19 heavy (non-hydrogen) atoms. The van der Waals surface area contributed by atoms with Gasteiger partial charge in [-0.1, -0.05) is 28.9 Å². The Balaban J connectivity index is 2.22. The van der Waals surface area contributed by atoms with Gasteiger partial charge >= 0.3 is 0 Å². The van der Waals surface area contributed by atoms with E-state index in [9.17, 15) is 9.59 Å². The smallest absolute Gasteiger partial charge is 0.249 e. The van der Waals surface area contributed by atoms with Gasteiger partial charge in [0.1, 0.15) is 12.6 Å². The molecular formula is C13H16BrN3O2. The number of nitrogens with one attached hydrogen (secondary N) is 1. The molecule has 0 bridgehead atoms. The summed E-state index contributed by atoms with van der Waals surface area (Å²) in [6, 6.07) is 4.76. The summed E-state index contributed by atoms with van der Waals surface area (Å²) in [5, 5.41) is 2.75. The number of benzene rings is 1. The van der Waals surface area contributed by atoms with Crippen molar-refractivity contribution in [1.82, 2.24) is 5.32 Å². The molecule has 1 heterocycles. The third-order valence-electron chi connectivity index (χ3n) is 3.04. The average Bonchev–Trinajstić information content (AvgIpc) is 2.63. The monoisotopic (exact) mass is 325 g/mol. The fraction of sp³-hybridized carbons (Fsp3) is 0.385. The minimum atomic E-state index is -0.704. The van der Waals surface area contributed by atoms with E-state index in [1.54, 1.807) is 6.07 Å². The molecule has 0 fully saturated rings. The molecule has 0 radical (unpaired) electrons. The highest BCUT2D eigenvalue weighted by Crippen LogP contribution is 2.38. The van der Waals surface area contributed by atoms with E-state index in [0.29, 0.717) is 12.2 Å². The lowest BCUT2D eigenvalue weighted by Crippen LogP contribution is -2.40. The van der Waals surface area contributed by atoms with Crippen molar-refractivity contribution in [3.05, 3.63) is 28.2 Å². The minimum Gasteiger partial charge on any atom is -0.355 e. The van der Waals surface area contributed by atoms with E-state index in [-0.39, 0.29) is 18.4 Å². The van der Waals surface area contributed by atoms with Crippen LogP contribution in [0.3, 0.4) is 0 Å². The quantitative estimate of drug-likeness (QED) is 0.876. The maximum Gasteiger partial charge on any atom is 0.249 e. The standard InChI is InChI=1S/C13H16BrN3O2/c1-2-6-16-10(18)7-17-9-5-3-4-8(14)11(9)12(15)13(17)19/h3-5,12H,2,6-7,15H2,1H3,(H,16,18). The van der Waals surface area contributed by atoms with Crippen LogP contribution in [0.1, 0.15) is 24.9 Å². The maximum atomic E-state index is 12.1. The topological polar surface area (TPSA) is 75.4 Å². The minimum absolute atomic E-state index is 0.00991. The molecule has 102 valence electrons. The second kappa shape index (κ2) is 5.71. The number of hydrogen-bond donors (Lipinski definition) is 2. The lowest BCUT2D eigenvalue weighted by Gasteiger charge is -2.17. The predicted octanol–water partition coefficient (Wildman–Crippen LogP) is 1.32. The lowest BCUT2D eigenvalue weighted by atomic mass is 10.1. The van der Waals surface area contributed by atoms with E-state index in [1.165, 1.54) is 4.90 Å². The molecule has 6 heteroatoms. The van der Waals surface area contributed by atoms with Crippen LogP contribution in [-0.2, 0) is 9.59 Å². The Labute approximate surface area is 120 Å². The van der Waals surface area contributed by atoms with Gasteiger partial charge in [-0.05, 0) is 18.6 Å². The number of nitrogens with two attached hydrogens (primary N) is 1. The highest BCUT2D eigenvalue weighted by Gasteiger charge is 2.36. The summed E-state index contributed by atoms with van der Waals surface area (Å²) < 4.78 is 0.794. The van der Waals surface area contributed by atoms with E-state index < -0.39 is 6.04 Å². The van der Waals surface area contributed by atoms with Crippen LogP contribution >= 0.6 is 15.9 Å². The molecule has 5 nitrogen and oxygen atoms in total. The van der Waals surface area contributed by atoms with Crippen molar-refractivity contribution in [3.8, 4) is 0 Å². The van der Waals surface area contributed by atoms with Gasteiger partial charge in [0.25, 0.3) is 0 Å². The molecule has 1 atom stereocenters. The molecule has 0 saturated heterocycles. The van der Waals surface area contributed by atoms with Crippen molar-refractivity contribution in [2.24, 2.45) is 5.73 Å². The number of nitrogens with zero attached hydrogens (tertiary/aromatic N) is 1. The molecule has 0 aliphatic carbocycles. The van der Waals surface area contributed by atoms with Gasteiger partial charge in [0.05, 0.1) is 5.69 Å². The predicted molar refractivity (Wildman–Crippen MR) is 76.7 cm³/mol. The number of rotatable bonds is 4. The zero-order valence-corrected chi connectivity index (χ0v) is 12.2. The number of anilines is 1. The van der Waals surface area contributed by atoms with Crippen LogP contribution in [-0.4, -0.2) is 24.9 Å². The Bertz CT molecular complexity index is 519. The van der Waals surface area contributed by atoms with Crippen molar-refractivity contribution in [2.75, 3.05) is 18.0 Å². The number of fused-ring (bicyclic) bond motifs is 1. The zero-order valence-electron chi connectivity index (χ0n) is 10.6. The molecule has 2 rings (SSSR count). The molecule has 2 amide bonds. The summed E-state index contributed by atoms with van der Waals surface area (Å²) >= 11 is 3.39. The third kappa shape index (κ3) is 2.64. The Morgan fingerprint density at radius 3 is 2.95 bits per heavy atom. The van der Waals surface area contributed by atoms with Crippen LogP contribution in [0.15, 0.2) is 22.7 Å². The zero-order chi connectivity index (χ0) is 14.0. The molecule has 1 aromatic rings. The molecule has 0 aromatic heterocycles. The fourth-order valence-corrected chi connectivity index (χ4v) is 2.71. The Morgan fingerprint density at radius 2 is 2.26 bits per heavy atom. The normalized spacial score (nSPS) is 17.5. The largest absolute Gasteiger partial charge is 0.355 e. The molecule has 1 unspecified atom stereocenters. The van der Waals surface area contributed by atoms with Crippen LogP contribution in [0.4, 0.5) is 5.69 Å². The lowest BCUT2D eigenvalue weighted by molar-refractivity contribution is -0.124. The summed E-state index contributed by atoms with van der Waals surface area (Å²) in [7, 11) is 0. The van der Waals surface area contributed by atoms with Gasteiger partial charge in [0.15, 0.2) is 0 Å². The van der Waals surface area contributed by atoms with Crippen molar-refractivity contribution < 1.29 is 9.59 Å². The van der Waals surface area contributed by atoms with E-state index in [4.69, 9.17) is 5.73 Å². The summed E-state index contributed by atoms with van der Waals surface area (Å²) in [5.41, 5.74) is 7.36. The first-order chi connectivity index (χ1) is 9.06.